The number of hydrogen-bond donors (Lipinski definition) is 2. The highest BCUT2D eigenvalue weighted by Gasteiger charge is 2.56. The van der Waals surface area contributed by atoms with Crippen LogP contribution in [0, 0.1) is 22.7 Å². The van der Waals surface area contributed by atoms with Gasteiger partial charge in [0.25, 0.3) is 0 Å². The van der Waals surface area contributed by atoms with Crippen molar-refractivity contribution < 1.29 is 28.9 Å². The first kappa shape index (κ1) is 15.9. The molecule has 0 spiro atoms. The molecule has 3 unspecified atom stereocenters. The van der Waals surface area contributed by atoms with Crippen LogP contribution in [0.15, 0.2) is 0 Å². The van der Waals surface area contributed by atoms with Gasteiger partial charge in [-0.1, -0.05) is 0 Å². The maximum absolute atomic E-state index is 13.0. The highest BCUT2D eigenvalue weighted by atomic mass is 19.1. The van der Waals surface area contributed by atoms with Crippen molar-refractivity contribution in [1.29, 1.82) is 0 Å². The molecule has 0 aliphatic carbocycles. The van der Waals surface area contributed by atoms with E-state index in [1.54, 1.807) is 0 Å². The van der Waals surface area contributed by atoms with Crippen molar-refractivity contribution in [3.05, 3.63) is 0 Å². The Labute approximate surface area is 111 Å². The quantitative estimate of drug-likeness (QED) is 0.800. The van der Waals surface area contributed by atoms with E-state index in [1.165, 1.54) is 27.7 Å². The average molecular weight is 276 g/mol. The van der Waals surface area contributed by atoms with Gasteiger partial charge in [0.1, 0.15) is 6.67 Å². The number of rotatable bonds is 5. The predicted octanol–water partition coefficient (Wildman–Crippen LogP) is 1.81. The molecule has 1 aliphatic rings. The van der Waals surface area contributed by atoms with Gasteiger partial charge in [0.05, 0.1) is 23.5 Å². The Hall–Kier alpha value is -1.17. The van der Waals surface area contributed by atoms with Crippen molar-refractivity contribution in [2.45, 2.75) is 33.8 Å². The fraction of sp³-hybridized carbons (Fsp3) is 0.846. The summed E-state index contributed by atoms with van der Waals surface area (Å²) < 4.78 is 18.3. The van der Waals surface area contributed by atoms with Gasteiger partial charge in [-0.3, -0.25) is 9.59 Å². The number of hydrogen-bond acceptors (Lipinski definition) is 3. The highest BCUT2D eigenvalue weighted by molar-refractivity contribution is 5.76. The van der Waals surface area contributed by atoms with Gasteiger partial charge in [0.15, 0.2) is 0 Å². The van der Waals surface area contributed by atoms with E-state index in [0.717, 1.165) is 0 Å². The number of aliphatic carboxylic acids is 2. The Balaban J connectivity index is 3.19. The molecule has 0 bridgehead atoms. The van der Waals surface area contributed by atoms with Crippen LogP contribution in [-0.2, 0) is 14.3 Å². The molecule has 0 aromatic heterocycles. The standard InChI is InChI=1S/C13H21FO5/c1-12(2,10(15)16)7-6-19-8(5-14)9(7)13(3,4)11(17)18/h7-9H,5-6H2,1-4H3,(H,15,16)(H,17,18). The average Bonchev–Trinajstić information content (AvgIpc) is 2.73. The predicted molar refractivity (Wildman–Crippen MR) is 65.5 cm³/mol. The molecule has 110 valence electrons. The Morgan fingerprint density at radius 2 is 1.63 bits per heavy atom. The van der Waals surface area contributed by atoms with Crippen LogP contribution >= 0.6 is 0 Å². The monoisotopic (exact) mass is 276 g/mol. The molecule has 1 heterocycles. The SMILES string of the molecule is CC(C)(C(=O)O)C1COC(CF)C1C(C)(C)C(=O)O. The molecule has 0 amide bonds. The zero-order valence-corrected chi connectivity index (χ0v) is 11.6. The van der Waals surface area contributed by atoms with Crippen LogP contribution in [0.5, 0.6) is 0 Å². The number of halogens is 1. The summed E-state index contributed by atoms with van der Waals surface area (Å²) in [6.07, 6.45) is -0.866. The second kappa shape index (κ2) is 5.07. The van der Waals surface area contributed by atoms with Crippen molar-refractivity contribution >= 4 is 11.9 Å². The van der Waals surface area contributed by atoms with Crippen LogP contribution in [0.4, 0.5) is 4.39 Å². The molecule has 0 radical (unpaired) electrons. The van der Waals surface area contributed by atoms with E-state index in [0.29, 0.717) is 0 Å². The molecule has 1 saturated heterocycles. The van der Waals surface area contributed by atoms with E-state index in [9.17, 15) is 24.2 Å². The first-order chi connectivity index (χ1) is 8.56. The van der Waals surface area contributed by atoms with Crippen molar-refractivity contribution in [3.63, 3.8) is 0 Å². The summed E-state index contributed by atoms with van der Waals surface area (Å²) in [4.78, 5) is 22.7. The van der Waals surface area contributed by atoms with Gasteiger partial charge in [-0.2, -0.15) is 0 Å². The molecule has 1 rings (SSSR count). The molecular formula is C13H21FO5. The summed E-state index contributed by atoms with van der Waals surface area (Å²) in [5.74, 6) is -3.34. The van der Waals surface area contributed by atoms with Crippen molar-refractivity contribution in [2.75, 3.05) is 13.3 Å². The lowest BCUT2D eigenvalue weighted by Crippen LogP contribution is -2.47. The number of alkyl halides is 1. The highest BCUT2D eigenvalue weighted by Crippen LogP contribution is 2.48. The van der Waals surface area contributed by atoms with Crippen LogP contribution < -0.4 is 0 Å². The van der Waals surface area contributed by atoms with E-state index >= 15 is 0 Å². The molecule has 0 saturated carbocycles. The minimum absolute atomic E-state index is 0.0647. The Bertz CT molecular complexity index is 377. The fourth-order valence-corrected chi connectivity index (χ4v) is 2.76. The molecule has 3 atom stereocenters. The Morgan fingerprint density at radius 1 is 1.16 bits per heavy atom. The third kappa shape index (κ3) is 2.59. The summed E-state index contributed by atoms with van der Waals surface area (Å²) in [6, 6.07) is 0. The lowest BCUT2D eigenvalue weighted by Gasteiger charge is -2.38. The smallest absolute Gasteiger partial charge is 0.309 e. The van der Waals surface area contributed by atoms with E-state index in [-0.39, 0.29) is 6.61 Å². The van der Waals surface area contributed by atoms with Crippen LogP contribution in [-0.4, -0.2) is 41.5 Å². The van der Waals surface area contributed by atoms with Crippen LogP contribution in [0.3, 0.4) is 0 Å². The molecule has 5 nitrogen and oxygen atoms in total. The van der Waals surface area contributed by atoms with E-state index in [1.807, 2.05) is 0 Å². The molecule has 0 aromatic rings. The lowest BCUT2D eigenvalue weighted by atomic mass is 9.62. The molecular weight excluding hydrogens is 255 g/mol. The van der Waals surface area contributed by atoms with E-state index < -0.39 is 47.4 Å². The molecule has 0 aromatic carbocycles. The van der Waals surface area contributed by atoms with Gasteiger partial charge in [0, 0.05) is 11.8 Å². The van der Waals surface area contributed by atoms with Crippen molar-refractivity contribution in [3.8, 4) is 0 Å². The molecule has 6 heteroatoms. The maximum Gasteiger partial charge on any atom is 0.309 e. The molecule has 19 heavy (non-hydrogen) atoms. The Kier molecular flexibility index (Phi) is 4.24. The third-order valence-corrected chi connectivity index (χ3v) is 4.34. The maximum atomic E-state index is 13.0. The summed E-state index contributed by atoms with van der Waals surface area (Å²) in [5.41, 5.74) is -2.41. The van der Waals surface area contributed by atoms with E-state index in [2.05, 4.69) is 0 Å². The Morgan fingerprint density at radius 3 is 2.00 bits per heavy atom. The summed E-state index contributed by atoms with van der Waals surface area (Å²) in [7, 11) is 0. The lowest BCUT2D eigenvalue weighted by molar-refractivity contribution is -0.159. The number of carboxylic acids is 2. The van der Waals surface area contributed by atoms with Gasteiger partial charge in [-0.25, -0.2) is 4.39 Å². The summed E-state index contributed by atoms with van der Waals surface area (Å²) >= 11 is 0. The van der Waals surface area contributed by atoms with Crippen LogP contribution in [0.2, 0.25) is 0 Å². The van der Waals surface area contributed by atoms with Crippen molar-refractivity contribution in [1.82, 2.24) is 0 Å². The minimum Gasteiger partial charge on any atom is -0.481 e. The third-order valence-electron chi connectivity index (χ3n) is 4.34. The van der Waals surface area contributed by atoms with Crippen LogP contribution in [0.1, 0.15) is 27.7 Å². The number of carbonyl (C=O) groups is 2. The molecule has 1 fully saturated rings. The first-order valence-corrected chi connectivity index (χ1v) is 6.21. The second-order valence-corrected chi connectivity index (χ2v) is 6.21. The minimum atomic E-state index is -1.25. The van der Waals surface area contributed by atoms with Gasteiger partial charge >= 0.3 is 11.9 Å². The van der Waals surface area contributed by atoms with Crippen LogP contribution in [0.25, 0.3) is 0 Å². The largest absolute Gasteiger partial charge is 0.481 e. The van der Waals surface area contributed by atoms with Gasteiger partial charge < -0.3 is 14.9 Å². The summed E-state index contributed by atoms with van der Waals surface area (Å²) in [6.45, 7) is 5.27. The fourth-order valence-electron chi connectivity index (χ4n) is 2.76. The first-order valence-electron chi connectivity index (χ1n) is 6.21. The normalized spacial score (nSPS) is 28.4. The zero-order chi connectivity index (χ0) is 15.0. The molecule has 2 N–H and O–H groups in total. The second-order valence-electron chi connectivity index (χ2n) is 6.21. The van der Waals surface area contributed by atoms with Gasteiger partial charge in [-0.05, 0) is 27.7 Å². The van der Waals surface area contributed by atoms with E-state index in [4.69, 9.17) is 4.74 Å². The zero-order valence-electron chi connectivity index (χ0n) is 11.6. The molecule has 1 aliphatic heterocycles. The topological polar surface area (TPSA) is 83.8 Å². The van der Waals surface area contributed by atoms with Gasteiger partial charge in [0.2, 0.25) is 0 Å². The number of carboxylic acid groups (broad SMARTS) is 2. The number of ether oxygens (including phenoxy) is 1. The summed E-state index contributed by atoms with van der Waals surface area (Å²) in [5, 5.41) is 18.6. The van der Waals surface area contributed by atoms with Crippen molar-refractivity contribution in [2.24, 2.45) is 22.7 Å². The van der Waals surface area contributed by atoms with Gasteiger partial charge in [-0.15, -0.1) is 0 Å².